The van der Waals surface area contributed by atoms with E-state index < -0.39 is 5.97 Å². The second kappa shape index (κ2) is 6.37. The van der Waals surface area contributed by atoms with Gasteiger partial charge in [0.2, 0.25) is 0 Å². The van der Waals surface area contributed by atoms with Crippen LogP contribution in [-0.2, 0) is 32.6 Å². The molecule has 0 spiro atoms. The van der Waals surface area contributed by atoms with Gasteiger partial charge in [-0.05, 0) is 6.92 Å². The number of fused-ring (bicyclic) bond motifs is 1. The number of esters is 1. The predicted octanol–water partition coefficient (Wildman–Crippen LogP) is 1.16. The van der Waals surface area contributed by atoms with Crippen molar-refractivity contribution in [2.45, 2.75) is 20.3 Å². The van der Waals surface area contributed by atoms with Gasteiger partial charge in [0.05, 0.1) is 30.6 Å². The highest BCUT2D eigenvalue weighted by atomic mass is 17.2. The molecule has 19 heavy (non-hydrogen) atoms. The van der Waals surface area contributed by atoms with Crippen LogP contribution in [0.2, 0.25) is 0 Å². The molecule has 0 atom stereocenters. The molecule has 0 aliphatic carbocycles. The Morgan fingerprint density at radius 3 is 3.05 bits per heavy atom. The van der Waals surface area contributed by atoms with Crippen molar-refractivity contribution in [3.05, 3.63) is 24.1 Å². The summed E-state index contributed by atoms with van der Waals surface area (Å²) in [7, 11) is 0. The van der Waals surface area contributed by atoms with Crippen molar-refractivity contribution >= 4 is 17.1 Å². The monoisotopic (exact) mass is 268 g/mol. The summed E-state index contributed by atoms with van der Waals surface area (Å²) in [6.07, 6.45) is 1.57. The van der Waals surface area contributed by atoms with Crippen molar-refractivity contribution in [1.29, 1.82) is 0 Å². The van der Waals surface area contributed by atoms with Crippen LogP contribution in [0.1, 0.15) is 12.6 Å². The maximum Gasteiger partial charge on any atom is 0.321 e. The van der Waals surface area contributed by atoms with Crippen LogP contribution in [0.15, 0.2) is 22.8 Å². The Morgan fingerprint density at radius 1 is 1.47 bits per heavy atom. The van der Waals surface area contributed by atoms with E-state index in [1.807, 2.05) is 13.0 Å². The van der Waals surface area contributed by atoms with E-state index in [0.717, 1.165) is 11.2 Å². The van der Waals surface area contributed by atoms with Crippen LogP contribution in [0, 0.1) is 0 Å². The van der Waals surface area contributed by atoms with Crippen LogP contribution >= 0.6 is 0 Å². The maximum atomic E-state index is 11.1. The lowest BCUT2D eigenvalue weighted by molar-refractivity contribution is -0.301. The quantitative estimate of drug-likeness (QED) is 0.351. The van der Waals surface area contributed by atoms with E-state index in [-0.39, 0.29) is 19.9 Å². The van der Waals surface area contributed by atoms with E-state index in [0.29, 0.717) is 12.2 Å². The van der Waals surface area contributed by atoms with Crippen molar-refractivity contribution in [2.24, 2.45) is 5.73 Å². The normalized spacial score (nSPS) is 11.1. The summed E-state index contributed by atoms with van der Waals surface area (Å²) >= 11 is 0. The van der Waals surface area contributed by atoms with E-state index >= 15 is 0 Å². The number of rotatable bonds is 7. The Hall–Kier alpha value is -1.83. The summed E-state index contributed by atoms with van der Waals surface area (Å²) in [5, 5.41) is 0. The van der Waals surface area contributed by atoms with E-state index in [1.54, 1.807) is 16.9 Å². The first kappa shape index (κ1) is 13.6. The van der Waals surface area contributed by atoms with Crippen molar-refractivity contribution in [1.82, 2.24) is 4.57 Å². The molecule has 0 radical (unpaired) electrons. The van der Waals surface area contributed by atoms with E-state index in [2.05, 4.69) is 0 Å². The molecule has 7 nitrogen and oxygen atoms in total. The molecule has 2 aromatic heterocycles. The number of ether oxygens (including phenoxy) is 1. The zero-order valence-corrected chi connectivity index (χ0v) is 10.6. The van der Waals surface area contributed by atoms with Gasteiger partial charge < -0.3 is 19.5 Å². The number of carbonyl (C=O) groups excluding carboxylic acids is 1. The molecular formula is C12H16N2O5. The zero-order valence-electron chi connectivity index (χ0n) is 10.6. The van der Waals surface area contributed by atoms with Crippen LogP contribution in [-0.4, -0.2) is 23.7 Å². The van der Waals surface area contributed by atoms with Gasteiger partial charge in [-0.25, -0.2) is 9.78 Å². The van der Waals surface area contributed by atoms with Gasteiger partial charge in [0.1, 0.15) is 6.61 Å². The van der Waals surface area contributed by atoms with Gasteiger partial charge >= 0.3 is 5.97 Å². The van der Waals surface area contributed by atoms with Gasteiger partial charge in [-0.15, -0.1) is 0 Å². The smallest absolute Gasteiger partial charge is 0.321 e. The van der Waals surface area contributed by atoms with Gasteiger partial charge in [-0.1, -0.05) is 0 Å². The SMILES string of the molecule is CCOOCc1cc2occc2n1COC(=O)CN. The molecule has 0 amide bonds. The molecule has 0 aromatic carbocycles. The first-order chi connectivity index (χ1) is 9.26. The Labute approximate surface area is 109 Å². The minimum absolute atomic E-state index is 0.0594. The summed E-state index contributed by atoms with van der Waals surface area (Å²) in [4.78, 5) is 21.0. The van der Waals surface area contributed by atoms with Crippen molar-refractivity contribution in [3.8, 4) is 0 Å². The molecule has 0 bridgehead atoms. The molecule has 0 fully saturated rings. The van der Waals surface area contributed by atoms with Gasteiger partial charge in [-0.3, -0.25) is 4.79 Å². The van der Waals surface area contributed by atoms with Crippen LogP contribution in [0.25, 0.3) is 11.1 Å². The first-order valence-corrected chi connectivity index (χ1v) is 5.92. The minimum atomic E-state index is -0.470. The molecular weight excluding hydrogens is 252 g/mol. The van der Waals surface area contributed by atoms with Crippen LogP contribution in [0.4, 0.5) is 0 Å². The van der Waals surface area contributed by atoms with Gasteiger partial charge in [0.25, 0.3) is 0 Å². The fourth-order valence-corrected chi connectivity index (χ4v) is 1.68. The van der Waals surface area contributed by atoms with E-state index in [4.69, 9.17) is 24.7 Å². The summed E-state index contributed by atoms with van der Waals surface area (Å²) in [6.45, 7) is 2.43. The Kier molecular flexibility index (Phi) is 4.56. The summed E-state index contributed by atoms with van der Waals surface area (Å²) in [6, 6.07) is 3.60. The number of aromatic nitrogens is 1. The highest BCUT2D eigenvalue weighted by molar-refractivity contribution is 5.75. The second-order valence-corrected chi connectivity index (χ2v) is 3.75. The molecule has 104 valence electrons. The van der Waals surface area contributed by atoms with Gasteiger partial charge in [0, 0.05) is 12.1 Å². The zero-order chi connectivity index (χ0) is 13.7. The third kappa shape index (κ3) is 3.14. The van der Waals surface area contributed by atoms with Crippen molar-refractivity contribution < 1.29 is 23.7 Å². The average molecular weight is 268 g/mol. The Bertz CT molecular complexity index is 545. The Morgan fingerprint density at radius 2 is 2.32 bits per heavy atom. The highest BCUT2D eigenvalue weighted by Gasteiger charge is 2.13. The third-order valence-corrected chi connectivity index (χ3v) is 2.54. The molecule has 2 heterocycles. The number of carbonyl (C=O) groups is 1. The van der Waals surface area contributed by atoms with E-state index in [1.165, 1.54) is 0 Å². The van der Waals surface area contributed by atoms with Gasteiger partial charge in [0.15, 0.2) is 12.3 Å². The fourth-order valence-electron chi connectivity index (χ4n) is 1.68. The molecule has 0 aliphatic heterocycles. The topological polar surface area (TPSA) is 88.9 Å². The van der Waals surface area contributed by atoms with Crippen molar-refractivity contribution in [3.63, 3.8) is 0 Å². The molecule has 2 rings (SSSR count). The predicted molar refractivity (Wildman–Crippen MR) is 65.8 cm³/mol. The fraction of sp³-hybridized carbons (Fsp3) is 0.417. The van der Waals surface area contributed by atoms with Crippen molar-refractivity contribution in [2.75, 3.05) is 13.2 Å². The third-order valence-electron chi connectivity index (χ3n) is 2.54. The maximum absolute atomic E-state index is 11.1. The first-order valence-electron chi connectivity index (χ1n) is 5.92. The molecule has 0 aliphatic rings. The largest absolute Gasteiger partial charge is 0.463 e. The number of nitrogens with zero attached hydrogens (tertiary/aromatic N) is 1. The molecule has 0 unspecified atom stereocenters. The van der Waals surface area contributed by atoms with E-state index in [9.17, 15) is 4.79 Å². The lowest BCUT2D eigenvalue weighted by Crippen LogP contribution is -2.19. The lowest BCUT2D eigenvalue weighted by Gasteiger charge is -2.10. The summed E-state index contributed by atoms with van der Waals surface area (Å²) < 4.78 is 12.1. The standard InChI is InChI=1S/C12H16N2O5/c1-2-18-19-7-9-5-11-10(3-4-16-11)14(9)8-17-12(15)6-13/h3-5H,2,6-8,13H2,1H3. The molecule has 0 saturated carbocycles. The van der Waals surface area contributed by atoms with Crippen LogP contribution < -0.4 is 5.73 Å². The molecule has 0 saturated heterocycles. The average Bonchev–Trinajstić information content (AvgIpc) is 2.97. The molecule has 7 heteroatoms. The lowest BCUT2D eigenvalue weighted by atomic mass is 10.4. The minimum Gasteiger partial charge on any atom is -0.463 e. The van der Waals surface area contributed by atoms with Crippen LogP contribution in [0.5, 0.6) is 0 Å². The Balaban J connectivity index is 2.14. The molecule has 2 N–H and O–H groups in total. The number of hydrogen-bond donors (Lipinski definition) is 1. The summed E-state index contributed by atoms with van der Waals surface area (Å²) in [5.74, 6) is -0.470. The molecule has 2 aromatic rings. The number of nitrogens with two attached hydrogens (primary N) is 1. The highest BCUT2D eigenvalue weighted by Crippen LogP contribution is 2.21. The van der Waals surface area contributed by atoms with Gasteiger partial charge in [-0.2, -0.15) is 0 Å². The number of hydrogen-bond acceptors (Lipinski definition) is 6. The number of furan rings is 1. The second-order valence-electron chi connectivity index (χ2n) is 3.75. The van der Waals surface area contributed by atoms with Crippen LogP contribution in [0.3, 0.4) is 0 Å². The summed E-state index contributed by atoms with van der Waals surface area (Å²) in [5.41, 5.74) is 7.49.